The first-order valence-electron chi connectivity index (χ1n) is 16.1. The lowest BCUT2D eigenvalue weighted by Gasteiger charge is -2.43. The van der Waals surface area contributed by atoms with Crippen molar-refractivity contribution in [1.82, 2.24) is 10.2 Å². The predicted octanol–water partition coefficient (Wildman–Crippen LogP) is 6.55. The van der Waals surface area contributed by atoms with Crippen LogP contribution in [0.1, 0.15) is 78.4 Å². The summed E-state index contributed by atoms with van der Waals surface area (Å²) in [6, 6.07) is 10.9. The van der Waals surface area contributed by atoms with Crippen molar-refractivity contribution < 1.29 is 33.4 Å². The number of rotatable bonds is 10. The van der Waals surface area contributed by atoms with E-state index in [1.165, 1.54) is 7.11 Å². The van der Waals surface area contributed by atoms with Crippen LogP contribution in [-0.2, 0) is 41.7 Å². The van der Waals surface area contributed by atoms with E-state index in [9.17, 15) is 19.2 Å². The molecule has 1 aliphatic heterocycles. The van der Waals surface area contributed by atoms with Crippen LogP contribution in [0.25, 0.3) is 0 Å². The third-order valence-electron chi connectivity index (χ3n) is 9.82. The lowest BCUT2D eigenvalue weighted by atomic mass is 9.64. The fraction of sp³-hybridized carbons (Fsp3) is 0.556. The van der Waals surface area contributed by atoms with Gasteiger partial charge in [-0.15, -0.1) is 0 Å². The molecule has 0 aromatic heterocycles. The van der Waals surface area contributed by atoms with Crippen LogP contribution in [0.2, 0.25) is 10.0 Å². The van der Waals surface area contributed by atoms with E-state index in [4.69, 9.17) is 37.4 Å². The zero-order valence-electron chi connectivity index (χ0n) is 28.3. The number of nitrogens with one attached hydrogen (secondary N) is 1. The van der Waals surface area contributed by atoms with Gasteiger partial charge in [0.05, 0.1) is 12.5 Å². The lowest BCUT2D eigenvalue weighted by molar-refractivity contribution is -0.167. The normalized spacial score (nSPS) is 22.8. The van der Waals surface area contributed by atoms with Crippen LogP contribution in [0.5, 0.6) is 5.75 Å². The highest BCUT2D eigenvalue weighted by Gasteiger charge is 2.60. The van der Waals surface area contributed by atoms with Crippen molar-refractivity contribution in [2.45, 2.75) is 97.9 Å². The third-order valence-corrected chi connectivity index (χ3v) is 10.5. The highest BCUT2D eigenvalue weighted by Crippen LogP contribution is 2.57. The Bertz CT molecular complexity index is 1470. The molecule has 1 heterocycles. The SMILES string of the molecule is COC(=O)[C@H](Cc1ccc(OCc2c(Cl)cccc2Cl)cc1)NC(=O)[C@H]1CC[C@@](C)(C(=O)N2CCC[C@H]2C(=O)OC(C)(C)C)C1(C)C. The molecule has 11 heteroatoms. The summed E-state index contributed by atoms with van der Waals surface area (Å²) in [6.45, 7) is 11.8. The number of hydrogen-bond acceptors (Lipinski definition) is 7. The van der Waals surface area contributed by atoms with Crippen molar-refractivity contribution >= 4 is 47.0 Å². The number of carbonyl (C=O) groups is 4. The first-order valence-corrected chi connectivity index (χ1v) is 16.8. The molecule has 0 bridgehead atoms. The minimum absolute atomic E-state index is 0.144. The summed E-state index contributed by atoms with van der Waals surface area (Å²) in [7, 11) is 1.28. The lowest BCUT2D eigenvalue weighted by Crippen LogP contribution is -2.54. The molecule has 2 aliphatic rings. The van der Waals surface area contributed by atoms with Gasteiger partial charge in [-0.2, -0.15) is 0 Å². The van der Waals surface area contributed by atoms with Crippen LogP contribution in [0.3, 0.4) is 0 Å². The van der Waals surface area contributed by atoms with Gasteiger partial charge < -0.3 is 24.4 Å². The number of nitrogens with zero attached hydrogens (tertiary/aromatic N) is 1. The fourth-order valence-electron chi connectivity index (χ4n) is 6.67. The van der Waals surface area contributed by atoms with Crippen LogP contribution < -0.4 is 10.1 Å². The Kier molecular flexibility index (Phi) is 11.2. The van der Waals surface area contributed by atoms with Gasteiger partial charge in [0.1, 0.15) is 30.0 Å². The minimum Gasteiger partial charge on any atom is -0.489 e. The molecule has 256 valence electrons. The molecule has 4 rings (SSSR count). The maximum atomic E-state index is 14.1. The van der Waals surface area contributed by atoms with E-state index >= 15 is 0 Å². The molecule has 1 aliphatic carbocycles. The average molecular weight is 690 g/mol. The van der Waals surface area contributed by atoms with E-state index < -0.39 is 46.4 Å². The first kappa shape index (κ1) is 36.5. The van der Waals surface area contributed by atoms with Crippen LogP contribution in [0, 0.1) is 16.7 Å². The van der Waals surface area contributed by atoms with Gasteiger partial charge in [0.2, 0.25) is 11.8 Å². The molecule has 2 fully saturated rings. The topological polar surface area (TPSA) is 111 Å². The Labute approximate surface area is 287 Å². The second-order valence-corrected chi connectivity index (χ2v) is 15.1. The van der Waals surface area contributed by atoms with Gasteiger partial charge in [0.15, 0.2) is 0 Å². The molecular formula is C36H46Cl2N2O7. The van der Waals surface area contributed by atoms with Crippen molar-refractivity contribution in [2.24, 2.45) is 16.7 Å². The second kappa shape index (κ2) is 14.4. The minimum atomic E-state index is -0.935. The Morgan fingerprint density at radius 1 is 1.00 bits per heavy atom. The van der Waals surface area contributed by atoms with E-state index in [0.29, 0.717) is 53.6 Å². The molecular weight excluding hydrogens is 643 g/mol. The number of esters is 2. The number of ether oxygens (including phenoxy) is 3. The van der Waals surface area contributed by atoms with Crippen molar-refractivity contribution in [2.75, 3.05) is 13.7 Å². The summed E-state index contributed by atoms with van der Waals surface area (Å²) < 4.78 is 16.5. The van der Waals surface area contributed by atoms with Crippen LogP contribution in [-0.4, -0.2) is 60.0 Å². The number of benzene rings is 2. The zero-order valence-corrected chi connectivity index (χ0v) is 29.8. The Morgan fingerprint density at radius 2 is 1.64 bits per heavy atom. The predicted molar refractivity (Wildman–Crippen MR) is 180 cm³/mol. The summed E-state index contributed by atoms with van der Waals surface area (Å²) in [5.74, 6) is -1.38. The molecule has 2 aromatic carbocycles. The third kappa shape index (κ3) is 8.06. The standard InChI is InChI=1S/C36H46Cl2N2O7/c1-34(2,3)47-32(43)29-12-9-19-40(29)33(44)36(6)18-17-25(35(36,4)5)30(41)39-28(31(42)45-7)20-22-13-15-23(16-14-22)46-21-24-26(37)10-8-11-27(24)38/h8,10-11,13-16,25,28-29H,9,12,17-21H2,1-7H3,(H,39,41)/t25-,28+,29+,36+/m1/s1. The van der Waals surface area contributed by atoms with E-state index in [-0.39, 0.29) is 24.8 Å². The molecule has 0 spiro atoms. The number of carbonyl (C=O) groups excluding carboxylic acids is 4. The van der Waals surface area contributed by atoms with Gasteiger partial charge in [-0.1, -0.05) is 62.2 Å². The summed E-state index contributed by atoms with van der Waals surface area (Å²) >= 11 is 12.5. The van der Waals surface area contributed by atoms with Crippen LogP contribution in [0.4, 0.5) is 0 Å². The molecule has 2 amide bonds. The summed E-state index contributed by atoms with van der Waals surface area (Å²) in [5, 5.41) is 3.94. The largest absolute Gasteiger partial charge is 0.489 e. The van der Waals surface area contributed by atoms with Crippen molar-refractivity contribution in [1.29, 1.82) is 0 Å². The van der Waals surface area contributed by atoms with Gasteiger partial charge in [-0.25, -0.2) is 9.59 Å². The Morgan fingerprint density at radius 3 is 2.23 bits per heavy atom. The summed E-state index contributed by atoms with van der Waals surface area (Å²) in [5.41, 5.74) is -0.850. The second-order valence-electron chi connectivity index (χ2n) is 14.3. The van der Waals surface area contributed by atoms with Gasteiger partial charge in [-0.3, -0.25) is 9.59 Å². The van der Waals surface area contributed by atoms with E-state index in [0.717, 1.165) is 5.56 Å². The zero-order chi connectivity index (χ0) is 34.7. The quantitative estimate of drug-likeness (QED) is 0.282. The molecule has 4 atom stereocenters. The maximum Gasteiger partial charge on any atom is 0.329 e. The molecule has 1 saturated carbocycles. The number of halogens is 2. The number of hydrogen-bond donors (Lipinski definition) is 1. The van der Waals surface area contributed by atoms with Crippen molar-refractivity contribution in [3.63, 3.8) is 0 Å². The van der Waals surface area contributed by atoms with Crippen molar-refractivity contribution in [3.05, 3.63) is 63.6 Å². The van der Waals surface area contributed by atoms with Crippen molar-refractivity contribution in [3.8, 4) is 5.75 Å². The van der Waals surface area contributed by atoms with E-state index in [1.54, 1.807) is 35.2 Å². The Balaban J connectivity index is 1.42. The summed E-state index contributed by atoms with van der Waals surface area (Å²) in [4.78, 5) is 55.4. The smallest absolute Gasteiger partial charge is 0.329 e. The summed E-state index contributed by atoms with van der Waals surface area (Å²) in [6.07, 6.45) is 2.38. The number of likely N-dealkylation sites (tertiary alicyclic amines) is 1. The van der Waals surface area contributed by atoms with E-state index in [2.05, 4.69) is 5.32 Å². The Hall–Kier alpha value is -3.30. The molecule has 47 heavy (non-hydrogen) atoms. The van der Waals surface area contributed by atoms with Crippen LogP contribution in [0.15, 0.2) is 42.5 Å². The maximum absolute atomic E-state index is 14.1. The molecule has 9 nitrogen and oxygen atoms in total. The monoisotopic (exact) mass is 688 g/mol. The molecule has 0 unspecified atom stereocenters. The van der Waals surface area contributed by atoms with E-state index in [1.807, 2.05) is 53.7 Å². The highest BCUT2D eigenvalue weighted by molar-refractivity contribution is 6.35. The number of amides is 2. The number of methoxy groups -OCH3 is 1. The fourth-order valence-corrected chi connectivity index (χ4v) is 7.18. The van der Waals surface area contributed by atoms with Gasteiger partial charge in [-0.05, 0) is 81.7 Å². The van der Waals surface area contributed by atoms with Gasteiger partial charge in [0, 0.05) is 34.5 Å². The average Bonchev–Trinajstić information content (AvgIpc) is 3.58. The molecule has 1 saturated heterocycles. The van der Waals surface area contributed by atoms with Gasteiger partial charge >= 0.3 is 11.9 Å². The van der Waals surface area contributed by atoms with Gasteiger partial charge in [0.25, 0.3) is 0 Å². The van der Waals surface area contributed by atoms with Crippen LogP contribution >= 0.6 is 23.2 Å². The first-order chi connectivity index (χ1) is 22.0. The molecule has 2 aromatic rings. The molecule has 0 radical (unpaired) electrons. The highest BCUT2D eigenvalue weighted by atomic mass is 35.5. The molecule has 1 N–H and O–H groups in total.